The third kappa shape index (κ3) is 4.55. The molecule has 148 valence electrons. The monoisotopic (exact) mass is 402 g/mol. The lowest BCUT2D eigenvalue weighted by Gasteiger charge is -2.15. The molecule has 0 aliphatic heterocycles. The fourth-order valence-corrected chi connectivity index (χ4v) is 2.34. The summed E-state index contributed by atoms with van der Waals surface area (Å²) in [6, 6.07) is 6.89. The van der Waals surface area contributed by atoms with E-state index in [2.05, 4.69) is 20.5 Å². The van der Waals surface area contributed by atoms with Crippen molar-refractivity contribution in [1.29, 1.82) is 0 Å². The molecule has 2 heterocycles. The molecule has 1 aromatic carbocycles. The number of hydrazone groups is 1. The lowest BCUT2D eigenvalue weighted by molar-refractivity contribution is -0.142. The van der Waals surface area contributed by atoms with Crippen molar-refractivity contribution < 1.29 is 31.8 Å². The molecule has 5 nitrogen and oxygen atoms in total. The van der Waals surface area contributed by atoms with E-state index < -0.39 is 29.1 Å². The second kappa shape index (κ2) is 7.80. The number of halogens is 6. The Morgan fingerprint density at radius 1 is 0.964 bits per heavy atom. The summed E-state index contributed by atoms with van der Waals surface area (Å²) < 4.78 is 78.8. The van der Waals surface area contributed by atoms with Crippen molar-refractivity contribution in [2.75, 3.05) is 5.43 Å². The summed E-state index contributed by atoms with van der Waals surface area (Å²) >= 11 is 0. The van der Waals surface area contributed by atoms with Crippen LogP contribution in [0.4, 0.5) is 32.0 Å². The molecule has 0 atom stereocenters. The van der Waals surface area contributed by atoms with Crippen molar-refractivity contribution >= 4 is 22.8 Å². The third-order valence-corrected chi connectivity index (χ3v) is 3.52. The number of nitrogens with zero attached hydrogens (tertiary/aromatic N) is 3. The third-order valence-electron chi connectivity index (χ3n) is 3.52. The molecule has 0 aliphatic carbocycles. The number of hydrogen-bond acceptors (Lipinski definition) is 4. The zero-order chi connectivity index (χ0) is 19.7. The summed E-state index contributed by atoms with van der Waals surface area (Å²) in [6.45, 7) is 0. The quantitative estimate of drug-likeness (QED) is 0.403. The van der Waals surface area contributed by atoms with Crippen LogP contribution in [0.2, 0.25) is 0 Å². The molecule has 0 fully saturated rings. The molecule has 0 bridgehead atoms. The second-order valence-corrected chi connectivity index (χ2v) is 5.41. The van der Waals surface area contributed by atoms with Crippen molar-refractivity contribution in [3.63, 3.8) is 0 Å². The number of fused-ring (bicyclic) bond motifs is 1. The Bertz CT molecular complexity index is 987. The first-order chi connectivity index (χ1) is 12.7. The molecule has 0 spiro atoms. The molecular weight excluding hydrogens is 390 g/mol. The Kier molecular flexibility index (Phi) is 5.88. The predicted molar refractivity (Wildman–Crippen MR) is 90.8 cm³/mol. The van der Waals surface area contributed by atoms with Gasteiger partial charge in [0.2, 0.25) is 0 Å². The van der Waals surface area contributed by atoms with Gasteiger partial charge in [-0.1, -0.05) is 18.2 Å². The average Bonchev–Trinajstić information content (AvgIpc) is 2.60. The van der Waals surface area contributed by atoms with Crippen LogP contribution in [0.25, 0.3) is 10.9 Å². The second-order valence-electron chi connectivity index (χ2n) is 5.41. The van der Waals surface area contributed by atoms with Crippen LogP contribution in [-0.4, -0.2) is 21.7 Å². The predicted octanol–water partition coefficient (Wildman–Crippen LogP) is 4.29. The molecule has 0 saturated heterocycles. The topological polar surface area (TPSA) is 81.7 Å². The first-order valence-electron chi connectivity index (χ1n) is 7.43. The highest BCUT2D eigenvalue weighted by Gasteiger charge is 2.37. The number of para-hydroxylation sites is 1. The van der Waals surface area contributed by atoms with E-state index >= 15 is 0 Å². The van der Waals surface area contributed by atoms with Gasteiger partial charge in [0.15, 0.2) is 0 Å². The summed E-state index contributed by atoms with van der Waals surface area (Å²) in [5, 5.41) is 3.65. The van der Waals surface area contributed by atoms with Crippen molar-refractivity contribution in [2.45, 2.75) is 12.4 Å². The fourth-order valence-electron chi connectivity index (χ4n) is 2.34. The summed E-state index contributed by atoms with van der Waals surface area (Å²) in [5.41, 5.74) is -0.857. The zero-order valence-electron chi connectivity index (χ0n) is 13.8. The maximum absolute atomic E-state index is 13.2. The van der Waals surface area contributed by atoms with Crippen LogP contribution in [0.5, 0.6) is 0 Å². The molecule has 0 radical (unpaired) electrons. The van der Waals surface area contributed by atoms with Gasteiger partial charge in [0.05, 0.1) is 23.0 Å². The number of aromatic nitrogens is 2. The van der Waals surface area contributed by atoms with Crippen LogP contribution in [0.1, 0.15) is 16.8 Å². The van der Waals surface area contributed by atoms with Crippen molar-refractivity contribution in [3.8, 4) is 0 Å². The molecule has 3 aromatic rings. The molecule has 0 aliphatic rings. The molecule has 3 N–H and O–H groups in total. The van der Waals surface area contributed by atoms with Gasteiger partial charge in [-0.2, -0.15) is 31.4 Å². The van der Waals surface area contributed by atoms with Gasteiger partial charge >= 0.3 is 12.4 Å². The van der Waals surface area contributed by atoms with Crippen molar-refractivity contribution in [2.24, 2.45) is 5.10 Å². The SMILES string of the molecule is FC(F)(F)c1cc(NN=Cc2cccnc2)c2cccc(C(F)(F)F)c2n1.O. The lowest BCUT2D eigenvalue weighted by Crippen LogP contribution is -2.12. The highest BCUT2D eigenvalue weighted by atomic mass is 19.4. The maximum Gasteiger partial charge on any atom is 0.433 e. The zero-order valence-corrected chi connectivity index (χ0v) is 13.8. The van der Waals surface area contributed by atoms with Gasteiger partial charge in [0, 0.05) is 23.3 Å². The number of rotatable bonds is 3. The molecule has 0 unspecified atom stereocenters. The first-order valence-corrected chi connectivity index (χ1v) is 7.43. The number of anilines is 1. The van der Waals surface area contributed by atoms with E-state index in [-0.39, 0.29) is 16.5 Å². The fraction of sp³-hybridized carbons (Fsp3) is 0.118. The van der Waals surface area contributed by atoms with Gasteiger partial charge in [-0.15, -0.1) is 0 Å². The number of benzene rings is 1. The minimum atomic E-state index is -4.92. The van der Waals surface area contributed by atoms with Gasteiger partial charge in [-0.25, -0.2) is 4.98 Å². The van der Waals surface area contributed by atoms with E-state index in [0.29, 0.717) is 17.7 Å². The molecule has 0 saturated carbocycles. The minimum Gasteiger partial charge on any atom is -0.412 e. The Hall–Kier alpha value is -3.21. The molecular formula is C17H12F6N4O. The van der Waals surface area contributed by atoms with Crippen LogP contribution in [0.3, 0.4) is 0 Å². The molecule has 3 rings (SSSR count). The van der Waals surface area contributed by atoms with Gasteiger partial charge in [0.1, 0.15) is 5.69 Å². The molecule has 2 aromatic heterocycles. The van der Waals surface area contributed by atoms with Crippen LogP contribution < -0.4 is 5.43 Å². The Labute approximate surface area is 154 Å². The van der Waals surface area contributed by atoms with Gasteiger partial charge in [-0.05, 0) is 18.2 Å². The van der Waals surface area contributed by atoms with Gasteiger partial charge in [0.25, 0.3) is 0 Å². The highest BCUT2D eigenvalue weighted by Crippen LogP contribution is 2.39. The average molecular weight is 402 g/mol. The van der Waals surface area contributed by atoms with Crippen LogP contribution in [0, 0.1) is 0 Å². The molecule has 11 heteroatoms. The first kappa shape index (κ1) is 21.1. The lowest BCUT2D eigenvalue weighted by atomic mass is 10.1. The van der Waals surface area contributed by atoms with Gasteiger partial charge < -0.3 is 5.48 Å². The van der Waals surface area contributed by atoms with Gasteiger partial charge in [-0.3, -0.25) is 10.4 Å². The van der Waals surface area contributed by atoms with Crippen LogP contribution >= 0.6 is 0 Å². The Morgan fingerprint density at radius 2 is 1.71 bits per heavy atom. The largest absolute Gasteiger partial charge is 0.433 e. The van der Waals surface area contributed by atoms with E-state index in [1.54, 1.807) is 12.1 Å². The number of alkyl halides is 6. The van der Waals surface area contributed by atoms with E-state index in [9.17, 15) is 26.3 Å². The van der Waals surface area contributed by atoms with Crippen molar-refractivity contribution in [1.82, 2.24) is 9.97 Å². The van der Waals surface area contributed by atoms with Crippen LogP contribution in [0.15, 0.2) is 53.9 Å². The van der Waals surface area contributed by atoms with Crippen LogP contribution in [-0.2, 0) is 12.4 Å². The van der Waals surface area contributed by atoms with E-state index in [0.717, 1.165) is 6.07 Å². The minimum absolute atomic E-state index is 0. The van der Waals surface area contributed by atoms with Crippen molar-refractivity contribution in [3.05, 3.63) is 65.6 Å². The normalized spacial score (nSPS) is 12.2. The van der Waals surface area contributed by atoms with E-state index in [1.165, 1.54) is 24.7 Å². The summed E-state index contributed by atoms with van der Waals surface area (Å²) in [4.78, 5) is 7.04. The number of nitrogens with one attached hydrogen (secondary N) is 1. The maximum atomic E-state index is 13.2. The summed E-state index contributed by atoms with van der Waals surface area (Å²) in [7, 11) is 0. The Morgan fingerprint density at radius 3 is 2.32 bits per heavy atom. The standard InChI is InChI=1S/C17H10F6N4.H2O/c18-16(19,20)12-5-1-4-11-13(7-14(17(21,22)23)26-15(11)12)27-25-9-10-3-2-6-24-8-10;/h1-9H,(H,26,27);1H2. The number of hydrogen-bond donors (Lipinski definition) is 1. The smallest absolute Gasteiger partial charge is 0.412 e. The van der Waals surface area contributed by atoms with E-state index in [1.807, 2.05) is 0 Å². The number of pyridine rings is 2. The summed E-state index contributed by atoms with van der Waals surface area (Å²) in [5.74, 6) is 0. The van der Waals surface area contributed by atoms with E-state index in [4.69, 9.17) is 0 Å². The highest BCUT2D eigenvalue weighted by molar-refractivity contribution is 5.94. The Balaban J connectivity index is 0.00000280. The molecule has 28 heavy (non-hydrogen) atoms. The summed E-state index contributed by atoms with van der Waals surface area (Å²) in [6.07, 6.45) is -5.52. The molecule has 0 amide bonds.